The van der Waals surface area contributed by atoms with Gasteiger partial charge < -0.3 is 5.73 Å². The lowest BCUT2D eigenvalue weighted by Gasteiger charge is -2.19. The maximum atomic E-state index is 6.22. The van der Waals surface area contributed by atoms with Crippen LogP contribution in [0.2, 0.25) is 0 Å². The second kappa shape index (κ2) is 4.42. The van der Waals surface area contributed by atoms with E-state index in [9.17, 15) is 0 Å². The van der Waals surface area contributed by atoms with Crippen molar-refractivity contribution in [2.45, 2.75) is 30.2 Å². The molecule has 2 heteroatoms. The van der Waals surface area contributed by atoms with Gasteiger partial charge in [0.1, 0.15) is 0 Å². The summed E-state index contributed by atoms with van der Waals surface area (Å²) in [6, 6.07) is 8.81. The molecule has 2 rings (SSSR count). The van der Waals surface area contributed by atoms with Gasteiger partial charge in [0.05, 0.1) is 0 Å². The van der Waals surface area contributed by atoms with Gasteiger partial charge in [-0.1, -0.05) is 23.8 Å². The first-order chi connectivity index (χ1) is 7.18. The van der Waals surface area contributed by atoms with E-state index in [1.165, 1.54) is 16.0 Å². The highest BCUT2D eigenvalue weighted by molar-refractivity contribution is 7.99. The molecule has 1 aliphatic rings. The van der Waals surface area contributed by atoms with Crippen molar-refractivity contribution in [1.29, 1.82) is 0 Å². The van der Waals surface area contributed by atoms with Crippen LogP contribution in [0.15, 0.2) is 41.3 Å². The molecule has 0 saturated carbocycles. The van der Waals surface area contributed by atoms with Crippen molar-refractivity contribution in [3.8, 4) is 0 Å². The van der Waals surface area contributed by atoms with E-state index in [2.05, 4.69) is 30.8 Å². The highest BCUT2D eigenvalue weighted by Gasteiger charge is 2.27. The summed E-state index contributed by atoms with van der Waals surface area (Å²) in [7, 11) is 0. The van der Waals surface area contributed by atoms with Crippen molar-refractivity contribution in [3.63, 3.8) is 0 Å². The van der Waals surface area contributed by atoms with Gasteiger partial charge in [0.25, 0.3) is 0 Å². The Morgan fingerprint density at radius 1 is 1.60 bits per heavy atom. The minimum atomic E-state index is 0.221. The zero-order valence-corrected chi connectivity index (χ0v) is 9.89. The number of fused-ring (bicyclic) bond motifs is 1. The molecule has 0 amide bonds. The zero-order chi connectivity index (χ0) is 10.8. The predicted octanol–water partition coefficient (Wildman–Crippen LogP) is 3.17. The number of nitrogens with two attached hydrogens (primary N) is 1. The van der Waals surface area contributed by atoms with Crippen LogP contribution in [0.1, 0.15) is 24.8 Å². The number of hydrogen-bond acceptors (Lipinski definition) is 2. The predicted molar refractivity (Wildman–Crippen MR) is 67.3 cm³/mol. The van der Waals surface area contributed by atoms with Gasteiger partial charge in [-0.15, -0.1) is 18.3 Å². The van der Waals surface area contributed by atoms with Gasteiger partial charge in [0, 0.05) is 22.6 Å². The third kappa shape index (κ3) is 2.27. The topological polar surface area (TPSA) is 26.0 Å². The first kappa shape index (κ1) is 10.8. The second-order valence-electron chi connectivity index (χ2n) is 4.28. The molecular formula is C13H17NS. The van der Waals surface area contributed by atoms with Crippen LogP contribution in [0.4, 0.5) is 0 Å². The van der Waals surface area contributed by atoms with Gasteiger partial charge in [-0.2, -0.15) is 0 Å². The first-order valence-electron chi connectivity index (χ1n) is 5.30. The molecule has 1 nitrogen and oxygen atoms in total. The zero-order valence-electron chi connectivity index (χ0n) is 9.07. The van der Waals surface area contributed by atoms with Crippen LogP contribution in [0, 0.1) is 0 Å². The monoisotopic (exact) mass is 219 g/mol. The summed E-state index contributed by atoms with van der Waals surface area (Å²) in [6.07, 6.45) is 0.930. The normalized spacial score (nSPS) is 21.1. The maximum absolute atomic E-state index is 6.22. The molecule has 0 aromatic heterocycles. The summed E-state index contributed by atoms with van der Waals surface area (Å²) >= 11 is 1.92. The molecule has 0 spiro atoms. The quantitative estimate of drug-likeness (QED) is 0.790. The van der Waals surface area contributed by atoms with Gasteiger partial charge in [-0.25, -0.2) is 0 Å². The molecule has 0 aliphatic carbocycles. The average molecular weight is 219 g/mol. The van der Waals surface area contributed by atoms with E-state index in [0.29, 0.717) is 5.92 Å². The molecule has 0 saturated heterocycles. The van der Waals surface area contributed by atoms with E-state index >= 15 is 0 Å². The van der Waals surface area contributed by atoms with E-state index in [-0.39, 0.29) is 6.04 Å². The molecule has 1 heterocycles. The SMILES string of the molecule is C=C(C)CC(N)C1CSc2ccccc21. The Labute approximate surface area is 95.8 Å². The molecule has 1 aliphatic heterocycles. The minimum Gasteiger partial charge on any atom is -0.327 e. The van der Waals surface area contributed by atoms with Crippen LogP contribution in [-0.2, 0) is 0 Å². The minimum absolute atomic E-state index is 0.221. The van der Waals surface area contributed by atoms with E-state index in [1.54, 1.807) is 0 Å². The Bertz CT molecular complexity index is 373. The lowest BCUT2D eigenvalue weighted by molar-refractivity contribution is 0.570. The summed E-state index contributed by atoms with van der Waals surface area (Å²) in [5, 5.41) is 0. The Balaban J connectivity index is 2.16. The molecule has 2 atom stereocenters. The van der Waals surface area contributed by atoms with E-state index in [4.69, 9.17) is 5.73 Å². The molecule has 2 unspecified atom stereocenters. The lowest BCUT2D eigenvalue weighted by atomic mass is 9.90. The number of rotatable bonds is 3. The van der Waals surface area contributed by atoms with Crippen LogP contribution in [0.25, 0.3) is 0 Å². The van der Waals surface area contributed by atoms with Crippen LogP contribution < -0.4 is 5.73 Å². The summed E-state index contributed by atoms with van der Waals surface area (Å²) in [4.78, 5) is 1.40. The molecule has 80 valence electrons. The fraction of sp³-hybridized carbons (Fsp3) is 0.385. The Morgan fingerprint density at radius 3 is 3.07 bits per heavy atom. The number of benzene rings is 1. The van der Waals surface area contributed by atoms with Crippen molar-refractivity contribution in [3.05, 3.63) is 42.0 Å². The third-order valence-electron chi connectivity index (χ3n) is 2.84. The average Bonchev–Trinajstić information content (AvgIpc) is 2.59. The van der Waals surface area contributed by atoms with E-state index in [1.807, 2.05) is 18.7 Å². The van der Waals surface area contributed by atoms with Gasteiger partial charge in [0.15, 0.2) is 0 Å². The molecular weight excluding hydrogens is 202 g/mol. The Morgan fingerprint density at radius 2 is 2.33 bits per heavy atom. The molecule has 0 radical (unpaired) electrons. The van der Waals surface area contributed by atoms with Gasteiger partial charge >= 0.3 is 0 Å². The van der Waals surface area contributed by atoms with Gasteiger partial charge in [-0.05, 0) is 25.0 Å². The van der Waals surface area contributed by atoms with Crippen molar-refractivity contribution >= 4 is 11.8 Å². The summed E-state index contributed by atoms with van der Waals surface area (Å²) in [6.45, 7) is 5.99. The number of hydrogen-bond donors (Lipinski definition) is 1. The largest absolute Gasteiger partial charge is 0.327 e. The van der Waals surface area contributed by atoms with Crippen molar-refractivity contribution in [2.75, 3.05) is 5.75 Å². The van der Waals surface area contributed by atoms with Crippen LogP contribution in [0.5, 0.6) is 0 Å². The van der Waals surface area contributed by atoms with E-state index < -0.39 is 0 Å². The molecule has 0 fully saturated rings. The first-order valence-corrected chi connectivity index (χ1v) is 6.28. The Hall–Kier alpha value is -0.730. The Kier molecular flexibility index (Phi) is 3.17. The molecule has 0 bridgehead atoms. The summed E-state index contributed by atoms with van der Waals surface area (Å²) < 4.78 is 0. The van der Waals surface area contributed by atoms with Crippen molar-refractivity contribution in [1.82, 2.24) is 0 Å². The second-order valence-corrected chi connectivity index (χ2v) is 5.34. The molecule has 1 aromatic carbocycles. The fourth-order valence-electron chi connectivity index (χ4n) is 2.09. The molecule has 15 heavy (non-hydrogen) atoms. The van der Waals surface area contributed by atoms with Crippen molar-refractivity contribution < 1.29 is 0 Å². The smallest absolute Gasteiger partial charge is 0.0153 e. The lowest BCUT2D eigenvalue weighted by Crippen LogP contribution is -2.28. The molecule has 2 N–H and O–H groups in total. The fourth-order valence-corrected chi connectivity index (χ4v) is 3.43. The molecule has 1 aromatic rings. The standard InChI is InChI=1S/C13H17NS/c1-9(2)7-12(14)11-8-15-13-6-4-3-5-10(11)13/h3-6,11-12H,1,7-8,14H2,2H3. The van der Waals surface area contributed by atoms with E-state index in [0.717, 1.165) is 12.2 Å². The van der Waals surface area contributed by atoms with Crippen molar-refractivity contribution in [2.24, 2.45) is 5.73 Å². The number of thioether (sulfide) groups is 1. The van der Waals surface area contributed by atoms with Crippen LogP contribution >= 0.6 is 11.8 Å². The van der Waals surface area contributed by atoms with Crippen LogP contribution in [-0.4, -0.2) is 11.8 Å². The highest BCUT2D eigenvalue weighted by atomic mass is 32.2. The maximum Gasteiger partial charge on any atom is 0.0153 e. The van der Waals surface area contributed by atoms with Gasteiger partial charge in [-0.3, -0.25) is 0 Å². The highest BCUT2D eigenvalue weighted by Crippen LogP contribution is 2.41. The summed E-state index contributed by atoms with van der Waals surface area (Å²) in [5.41, 5.74) is 8.83. The van der Waals surface area contributed by atoms with Gasteiger partial charge in [0.2, 0.25) is 0 Å². The summed E-state index contributed by atoms with van der Waals surface area (Å²) in [5.74, 6) is 1.62. The van der Waals surface area contributed by atoms with Crippen LogP contribution in [0.3, 0.4) is 0 Å². The third-order valence-corrected chi connectivity index (χ3v) is 4.05.